The Kier molecular flexibility index (Phi) is 8.38. The SMILES string of the molecule is COc1ccc([C@@H](CNC(=O)[C@H]2CCCN(C(=O)Nc3ccccc3)C2)N2CCOCC2)cc1. The van der Waals surface area contributed by atoms with Crippen LogP contribution in [0.3, 0.4) is 0 Å². The number of rotatable bonds is 7. The zero-order chi connectivity index (χ0) is 23.8. The van der Waals surface area contributed by atoms with Gasteiger partial charge in [-0.3, -0.25) is 9.69 Å². The van der Waals surface area contributed by atoms with Crippen molar-refractivity contribution < 1.29 is 19.1 Å². The van der Waals surface area contributed by atoms with Crippen LogP contribution in [0.5, 0.6) is 5.75 Å². The fourth-order valence-electron chi connectivity index (χ4n) is 4.61. The van der Waals surface area contributed by atoms with Crippen LogP contribution in [-0.2, 0) is 9.53 Å². The number of ether oxygens (including phenoxy) is 2. The molecule has 2 heterocycles. The van der Waals surface area contributed by atoms with Crippen molar-refractivity contribution in [3.63, 3.8) is 0 Å². The quantitative estimate of drug-likeness (QED) is 0.655. The molecule has 8 heteroatoms. The van der Waals surface area contributed by atoms with E-state index in [0.717, 1.165) is 42.9 Å². The van der Waals surface area contributed by atoms with Gasteiger partial charge >= 0.3 is 6.03 Å². The molecule has 0 aromatic heterocycles. The maximum Gasteiger partial charge on any atom is 0.321 e. The second-order valence-electron chi connectivity index (χ2n) is 8.76. The first-order valence-corrected chi connectivity index (χ1v) is 12.0. The number of para-hydroxylation sites is 1. The first-order valence-electron chi connectivity index (χ1n) is 12.0. The molecule has 0 radical (unpaired) electrons. The number of morpholine rings is 1. The maximum absolute atomic E-state index is 13.1. The number of methoxy groups -OCH3 is 1. The van der Waals surface area contributed by atoms with Gasteiger partial charge in [0.25, 0.3) is 0 Å². The predicted octanol–water partition coefficient (Wildman–Crippen LogP) is 3.13. The minimum atomic E-state index is -0.212. The van der Waals surface area contributed by atoms with Crippen LogP contribution in [0.2, 0.25) is 0 Å². The number of hydrogen-bond acceptors (Lipinski definition) is 5. The largest absolute Gasteiger partial charge is 0.497 e. The monoisotopic (exact) mass is 466 g/mol. The molecule has 0 unspecified atom stereocenters. The van der Waals surface area contributed by atoms with Crippen LogP contribution in [0.1, 0.15) is 24.4 Å². The van der Waals surface area contributed by atoms with Gasteiger partial charge in [-0.05, 0) is 42.7 Å². The Bertz CT molecular complexity index is 932. The first-order chi connectivity index (χ1) is 16.6. The number of benzene rings is 2. The number of hydrogen-bond donors (Lipinski definition) is 2. The van der Waals surface area contributed by atoms with Gasteiger partial charge in [-0.15, -0.1) is 0 Å². The van der Waals surface area contributed by atoms with E-state index in [0.29, 0.717) is 32.8 Å². The lowest BCUT2D eigenvalue weighted by atomic mass is 9.97. The Labute approximate surface area is 201 Å². The third-order valence-corrected chi connectivity index (χ3v) is 6.56. The molecule has 182 valence electrons. The Balaban J connectivity index is 1.36. The lowest BCUT2D eigenvalue weighted by Gasteiger charge is -2.36. The number of amides is 3. The summed E-state index contributed by atoms with van der Waals surface area (Å²) in [5.74, 6) is 0.602. The Morgan fingerprint density at radius 2 is 1.79 bits per heavy atom. The molecule has 2 aliphatic heterocycles. The Hall–Kier alpha value is -3.10. The Morgan fingerprint density at radius 1 is 1.06 bits per heavy atom. The average molecular weight is 467 g/mol. The smallest absolute Gasteiger partial charge is 0.321 e. The van der Waals surface area contributed by atoms with Gasteiger partial charge in [0, 0.05) is 38.4 Å². The van der Waals surface area contributed by atoms with E-state index in [-0.39, 0.29) is 23.9 Å². The molecule has 2 aromatic rings. The molecule has 4 rings (SSSR count). The highest BCUT2D eigenvalue weighted by Crippen LogP contribution is 2.24. The van der Waals surface area contributed by atoms with Crippen molar-refractivity contribution in [3.05, 3.63) is 60.2 Å². The van der Waals surface area contributed by atoms with Crippen molar-refractivity contribution in [2.45, 2.75) is 18.9 Å². The van der Waals surface area contributed by atoms with Crippen molar-refractivity contribution in [2.24, 2.45) is 5.92 Å². The molecule has 0 spiro atoms. The van der Waals surface area contributed by atoms with Crippen molar-refractivity contribution in [3.8, 4) is 5.75 Å². The topological polar surface area (TPSA) is 83.1 Å². The van der Waals surface area contributed by atoms with Gasteiger partial charge in [0.15, 0.2) is 0 Å². The van der Waals surface area contributed by atoms with Crippen molar-refractivity contribution in [1.29, 1.82) is 0 Å². The number of likely N-dealkylation sites (tertiary alicyclic amines) is 1. The molecule has 2 saturated heterocycles. The van der Waals surface area contributed by atoms with Gasteiger partial charge < -0.3 is 25.0 Å². The summed E-state index contributed by atoms with van der Waals surface area (Å²) < 4.78 is 10.8. The van der Waals surface area contributed by atoms with E-state index < -0.39 is 0 Å². The van der Waals surface area contributed by atoms with Crippen LogP contribution < -0.4 is 15.4 Å². The molecular formula is C26H34N4O4. The van der Waals surface area contributed by atoms with Gasteiger partial charge in [-0.2, -0.15) is 0 Å². The highest BCUT2D eigenvalue weighted by atomic mass is 16.5. The lowest BCUT2D eigenvalue weighted by Crippen LogP contribution is -2.49. The number of nitrogens with one attached hydrogen (secondary N) is 2. The van der Waals surface area contributed by atoms with E-state index in [2.05, 4.69) is 27.7 Å². The van der Waals surface area contributed by atoms with Crippen LogP contribution in [0, 0.1) is 5.92 Å². The number of nitrogens with zero attached hydrogens (tertiary/aromatic N) is 2. The molecule has 2 aliphatic rings. The summed E-state index contributed by atoms with van der Waals surface area (Å²) in [6, 6.07) is 17.3. The minimum absolute atomic E-state index is 0.00369. The van der Waals surface area contributed by atoms with E-state index in [1.165, 1.54) is 0 Å². The molecule has 0 saturated carbocycles. The van der Waals surface area contributed by atoms with Gasteiger partial charge in [0.2, 0.25) is 5.91 Å². The number of carbonyl (C=O) groups excluding carboxylic acids is 2. The molecule has 34 heavy (non-hydrogen) atoms. The van der Waals surface area contributed by atoms with Crippen LogP contribution in [0.25, 0.3) is 0 Å². The highest BCUT2D eigenvalue weighted by molar-refractivity contribution is 5.90. The number of urea groups is 1. The van der Waals surface area contributed by atoms with Crippen LogP contribution in [0.15, 0.2) is 54.6 Å². The second kappa shape index (κ2) is 11.9. The third-order valence-electron chi connectivity index (χ3n) is 6.56. The predicted molar refractivity (Wildman–Crippen MR) is 131 cm³/mol. The second-order valence-corrected chi connectivity index (χ2v) is 8.76. The molecule has 2 N–H and O–H groups in total. The third kappa shape index (κ3) is 6.27. The normalized spacial score (nSPS) is 19.8. The summed E-state index contributed by atoms with van der Waals surface area (Å²) >= 11 is 0. The summed E-state index contributed by atoms with van der Waals surface area (Å²) in [5.41, 5.74) is 1.89. The Morgan fingerprint density at radius 3 is 2.50 bits per heavy atom. The molecular weight excluding hydrogens is 432 g/mol. The zero-order valence-electron chi connectivity index (χ0n) is 19.7. The molecule has 0 aliphatic carbocycles. The van der Waals surface area contributed by atoms with Crippen molar-refractivity contribution in [1.82, 2.24) is 15.1 Å². The van der Waals surface area contributed by atoms with E-state index in [1.807, 2.05) is 42.5 Å². The highest BCUT2D eigenvalue weighted by Gasteiger charge is 2.30. The lowest BCUT2D eigenvalue weighted by molar-refractivity contribution is -0.126. The molecule has 2 aromatic carbocycles. The minimum Gasteiger partial charge on any atom is -0.497 e. The van der Waals surface area contributed by atoms with Crippen LogP contribution in [0.4, 0.5) is 10.5 Å². The van der Waals surface area contributed by atoms with E-state index in [4.69, 9.17) is 9.47 Å². The van der Waals surface area contributed by atoms with E-state index >= 15 is 0 Å². The average Bonchev–Trinajstić information content (AvgIpc) is 2.90. The van der Waals surface area contributed by atoms with Gasteiger partial charge in [0.05, 0.1) is 32.3 Å². The van der Waals surface area contributed by atoms with Crippen molar-refractivity contribution >= 4 is 17.6 Å². The van der Waals surface area contributed by atoms with E-state index in [1.54, 1.807) is 12.0 Å². The molecule has 0 bridgehead atoms. The van der Waals surface area contributed by atoms with Crippen LogP contribution in [-0.4, -0.2) is 74.8 Å². The van der Waals surface area contributed by atoms with Gasteiger partial charge in [0.1, 0.15) is 5.75 Å². The fourth-order valence-corrected chi connectivity index (χ4v) is 4.61. The summed E-state index contributed by atoms with van der Waals surface area (Å²) in [6.45, 7) is 4.62. The molecule has 2 fully saturated rings. The van der Waals surface area contributed by atoms with Crippen LogP contribution >= 0.6 is 0 Å². The molecule has 3 amide bonds. The number of anilines is 1. The number of carbonyl (C=O) groups is 2. The summed E-state index contributed by atoms with van der Waals surface area (Å²) in [6.07, 6.45) is 1.59. The number of piperidine rings is 1. The van der Waals surface area contributed by atoms with E-state index in [9.17, 15) is 9.59 Å². The molecule has 8 nitrogen and oxygen atoms in total. The van der Waals surface area contributed by atoms with Gasteiger partial charge in [-0.25, -0.2) is 4.79 Å². The first kappa shape index (κ1) is 24.0. The maximum atomic E-state index is 13.1. The standard InChI is InChI=1S/C26H34N4O4/c1-33-23-11-9-20(10-12-23)24(29-14-16-34-17-15-29)18-27-25(31)21-6-5-13-30(19-21)26(32)28-22-7-3-2-4-8-22/h2-4,7-12,21,24H,5-6,13-19H2,1H3,(H,27,31)(H,28,32)/t21-,24+/m0/s1. The zero-order valence-corrected chi connectivity index (χ0v) is 19.7. The summed E-state index contributed by atoms with van der Waals surface area (Å²) in [5, 5.41) is 6.10. The molecule has 2 atom stereocenters. The summed E-state index contributed by atoms with van der Waals surface area (Å²) in [4.78, 5) is 29.9. The fraction of sp³-hybridized carbons (Fsp3) is 0.462. The van der Waals surface area contributed by atoms with Crippen molar-refractivity contribution in [2.75, 3.05) is 58.4 Å². The van der Waals surface area contributed by atoms with Gasteiger partial charge in [-0.1, -0.05) is 30.3 Å². The summed E-state index contributed by atoms with van der Waals surface area (Å²) in [7, 11) is 1.66.